The molecule has 0 spiro atoms. The Labute approximate surface area is 87.0 Å². The summed E-state index contributed by atoms with van der Waals surface area (Å²) in [5.41, 5.74) is 0. The second-order valence-electron chi connectivity index (χ2n) is 3.18. The van der Waals surface area contributed by atoms with E-state index in [-0.39, 0.29) is 12.4 Å². The van der Waals surface area contributed by atoms with Crippen LogP contribution >= 0.6 is 12.4 Å². The van der Waals surface area contributed by atoms with Crippen molar-refractivity contribution >= 4 is 12.4 Å². The van der Waals surface area contributed by atoms with Crippen molar-refractivity contribution in [2.24, 2.45) is 0 Å². The lowest BCUT2D eigenvalue weighted by molar-refractivity contribution is 0.455. The molecule has 0 aromatic carbocycles. The van der Waals surface area contributed by atoms with Crippen LogP contribution in [0, 0.1) is 0 Å². The zero-order chi connectivity index (χ0) is 8.81. The topological polar surface area (TPSA) is 12.0 Å². The normalized spacial score (nSPS) is 26.2. The van der Waals surface area contributed by atoms with E-state index in [0.29, 0.717) is 12.1 Å². The molecule has 13 heavy (non-hydrogen) atoms. The molecule has 0 amide bonds. The van der Waals surface area contributed by atoms with Gasteiger partial charge in [-0.3, -0.25) is 0 Å². The predicted octanol–water partition coefficient (Wildman–Crippen LogP) is 2.85. The predicted molar refractivity (Wildman–Crippen MR) is 61.3 cm³/mol. The third-order valence-corrected chi connectivity index (χ3v) is 2.11. The number of halogens is 1. The molecule has 1 heterocycles. The van der Waals surface area contributed by atoms with Gasteiger partial charge in [0.25, 0.3) is 0 Å². The second kappa shape index (κ2) is 6.93. The van der Waals surface area contributed by atoms with Crippen molar-refractivity contribution in [3.8, 4) is 0 Å². The molecule has 0 aromatic heterocycles. The summed E-state index contributed by atoms with van der Waals surface area (Å²) in [6, 6.07) is 1.07. The Morgan fingerprint density at radius 3 is 2.62 bits per heavy atom. The van der Waals surface area contributed by atoms with E-state index in [0.717, 1.165) is 19.3 Å². The van der Waals surface area contributed by atoms with E-state index < -0.39 is 0 Å². The molecule has 0 fully saturated rings. The summed E-state index contributed by atoms with van der Waals surface area (Å²) in [6.45, 7) is 7.47. The van der Waals surface area contributed by atoms with Crippen LogP contribution in [0.5, 0.6) is 0 Å². The van der Waals surface area contributed by atoms with Gasteiger partial charge in [0, 0.05) is 12.1 Å². The molecule has 0 bridgehead atoms. The third-order valence-electron chi connectivity index (χ3n) is 2.11. The minimum Gasteiger partial charge on any atom is -0.307 e. The van der Waals surface area contributed by atoms with Crippen molar-refractivity contribution in [3.63, 3.8) is 0 Å². The van der Waals surface area contributed by atoms with Gasteiger partial charge >= 0.3 is 0 Å². The first-order valence-corrected chi connectivity index (χ1v) is 4.51. The van der Waals surface area contributed by atoms with Crippen LogP contribution < -0.4 is 5.32 Å². The molecule has 0 aliphatic carbocycles. The van der Waals surface area contributed by atoms with E-state index in [1.54, 1.807) is 0 Å². The Balaban J connectivity index is 0.00000144. The minimum atomic E-state index is 0. The summed E-state index contributed by atoms with van der Waals surface area (Å²) in [5, 5.41) is 3.53. The number of nitrogens with one attached hydrogen (secondary N) is 1. The smallest absolute Gasteiger partial charge is 0.0287 e. The van der Waals surface area contributed by atoms with Crippen LogP contribution in [0.2, 0.25) is 0 Å². The standard InChI is InChI=1S/C11H17N.ClH/c1-3-6-10-8-5-9-11(12-10)7-4-2;/h3-5,8,10-12H,1-2,6-7,9H2;1H/t10-,11+;/m1./s1. The first-order valence-electron chi connectivity index (χ1n) is 4.51. The fourth-order valence-electron chi connectivity index (χ4n) is 1.53. The fourth-order valence-corrected chi connectivity index (χ4v) is 1.53. The van der Waals surface area contributed by atoms with Crippen molar-refractivity contribution in [3.05, 3.63) is 37.5 Å². The van der Waals surface area contributed by atoms with Crippen molar-refractivity contribution in [2.45, 2.75) is 31.3 Å². The maximum atomic E-state index is 3.74. The highest BCUT2D eigenvalue weighted by Crippen LogP contribution is 2.10. The van der Waals surface area contributed by atoms with Crippen LogP contribution in [-0.2, 0) is 0 Å². The van der Waals surface area contributed by atoms with Gasteiger partial charge in [-0.05, 0) is 19.3 Å². The molecular weight excluding hydrogens is 182 g/mol. The molecule has 0 saturated carbocycles. The maximum absolute atomic E-state index is 3.74. The van der Waals surface area contributed by atoms with E-state index in [1.165, 1.54) is 0 Å². The fraction of sp³-hybridized carbons (Fsp3) is 0.455. The molecule has 0 aromatic rings. The van der Waals surface area contributed by atoms with Gasteiger partial charge < -0.3 is 5.32 Å². The van der Waals surface area contributed by atoms with Crippen molar-refractivity contribution in [1.29, 1.82) is 0 Å². The van der Waals surface area contributed by atoms with E-state index in [4.69, 9.17) is 0 Å². The Morgan fingerprint density at radius 1 is 1.31 bits per heavy atom. The third kappa shape index (κ3) is 4.30. The van der Waals surface area contributed by atoms with Gasteiger partial charge in [0.15, 0.2) is 0 Å². The highest BCUT2D eigenvalue weighted by Gasteiger charge is 2.13. The van der Waals surface area contributed by atoms with Crippen LogP contribution in [0.15, 0.2) is 37.5 Å². The average Bonchev–Trinajstić information content (AvgIpc) is 2.06. The summed E-state index contributed by atoms with van der Waals surface area (Å²) >= 11 is 0. The second-order valence-corrected chi connectivity index (χ2v) is 3.18. The van der Waals surface area contributed by atoms with Crippen LogP contribution in [-0.4, -0.2) is 12.1 Å². The number of rotatable bonds is 4. The number of hydrogen-bond donors (Lipinski definition) is 1. The Bertz CT molecular complexity index is 187. The molecule has 74 valence electrons. The molecule has 1 nitrogen and oxygen atoms in total. The zero-order valence-corrected chi connectivity index (χ0v) is 8.72. The Kier molecular flexibility index (Phi) is 6.65. The van der Waals surface area contributed by atoms with Gasteiger partial charge in [0.2, 0.25) is 0 Å². The largest absolute Gasteiger partial charge is 0.307 e. The molecule has 2 heteroatoms. The summed E-state index contributed by atoms with van der Waals surface area (Å²) in [7, 11) is 0. The Morgan fingerprint density at radius 2 is 2.00 bits per heavy atom. The summed E-state index contributed by atoms with van der Waals surface area (Å²) in [5.74, 6) is 0. The Hall–Kier alpha value is -0.530. The summed E-state index contributed by atoms with van der Waals surface area (Å²) in [6.07, 6.45) is 11.6. The molecule has 2 atom stereocenters. The van der Waals surface area contributed by atoms with Gasteiger partial charge in [-0.15, -0.1) is 25.6 Å². The van der Waals surface area contributed by atoms with Gasteiger partial charge in [-0.2, -0.15) is 0 Å². The van der Waals surface area contributed by atoms with Gasteiger partial charge in [0.05, 0.1) is 0 Å². The van der Waals surface area contributed by atoms with Crippen LogP contribution in [0.25, 0.3) is 0 Å². The van der Waals surface area contributed by atoms with Gasteiger partial charge in [-0.25, -0.2) is 0 Å². The van der Waals surface area contributed by atoms with Crippen molar-refractivity contribution < 1.29 is 0 Å². The summed E-state index contributed by atoms with van der Waals surface area (Å²) in [4.78, 5) is 0. The monoisotopic (exact) mass is 199 g/mol. The minimum absolute atomic E-state index is 0. The molecule has 1 rings (SSSR count). The lowest BCUT2D eigenvalue weighted by Crippen LogP contribution is -2.38. The quantitative estimate of drug-likeness (QED) is 0.687. The number of hydrogen-bond acceptors (Lipinski definition) is 1. The van der Waals surface area contributed by atoms with Gasteiger partial charge in [0.1, 0.15) is 0 Å². The molecule has 0 unspecified atom stereocenters. The maximum Gasteiger partial charge on any atom is 0.0287 e. The molecule has 1 aliphatic rings. The highest BCUT2D eigenvalue weighted by atomic mass is 35.5. The average molecular weight is 200 g/mol. The van der Waals surface area contributed by atoms with Crippen LogP contribution in [0.3, 0.4) is 0 Å². The lowest BCUT2D eigenvalue weighted by atomic mass is 10.0. The van der Waals surface area contributed by atoms with Crippen LogP contribution in [0.1, 0.15) is 19.3 Å². The van der Waals surface area contributed by atoms with E-state index in [1.807, 2.05) is 12.2 Å². The summed E-state index contributed by atoms with van der Waals surface area (Å²) < 4.78 is 0. The van der Waals surface area contributed by atoms with Crippen molar-refractivity contribution in [1.82, 2.24) is 5.32 Å². The van der Waals surface area contributed by atoms with E-state index in [9.17, 15) is 0 Å². The zero-order valence-electron chi connectivity index (χ0n) is 7.91. The van der Waals surface area contributed by atoms with E-state index >= 15 is 0 Å². The SMILES string of the molecule is C=CC[C@H]1CC=C[C@@H](CC=C)N1.Cl. The lowest BCUT2D eigenvalue weighted by Gasteiger charge is -2.25. The first kappa shape index (κ1) is 12.5. The molecule has 0 radical (unpaired) electrons. The molecule has 0 saturated heterocycles. The molecule has 1 N–H and O–H groups in total. The molecule has 1 aliphatic heterocycles. The molecular formula is C11H18ClN. The van der Waals surface area contributed by atoms with Crippen molar-refractivity contribution in [2.75, 3.05) is 0 Å². The van der Waals surface area contributed by atoms with E-state index in [2.05, 4.69) is 30.6 Å². The highest BCUT2D eigenvalue weighted by molar-refractivity contribution is 5.85. The van der Waals surface area contributed by atoms with Crippen LogP contribution in [0.4, 0.5) is 0 Å². The van der Waals surface area contributed by atoms with Gasteiger partial charge in [-0.1, -0.05) is 24.3 Å². The first-order chi connectivity index (χ1) is 5.86.